The molecular weight excluding hydrogens is 387 g/mol. The molecule has 2 aromatic carbocycles. The second kappa shape index (κ2) is 8.54. The largest absolute Gasteiger partial charge is 0.325 e. The Balaban J connectivity index is 1.70. The number of nitrogens with one attached hydrogen (secondary N) is 1. The SMILES string of the molecule is CCn1c(SCC(=O)Nc2cc(F)ccc2C)nnc1-c1ccc(Cl)cc1. The van der Waals surface area contributed by atoms with Gasteiger partial charge >= 0.3 is 0 Å². The topological polar surface area (TPSA) is 59.8 Å². The molecule has 0 aliphatic carbocycles. The van der Waals surface area contributed by atoms with Gasteiger partial charge in [-0.05, 0) is 55.8 Å². The molecule has 0 aliphatic heterocycles. The molecule has 0 aliphatic rings. The summed E-state index contributed by atoms with van der Waals surface area (Å²) in [4.78, 5) is 12.2. The Morgan fingerprint density at radius 3 is 2.67 bits per heavy atom. The van der Waals surface area contributed by atoms with E-state index in [-0.39, 0.29) is 17.5 Å². The molecule has 140 valence electrons. The Morgan fingerprint density at radius 1 is 1.22 bits per heavy atom. The fourth-order valence-corrected chi connectivity index (χ4v) is 3.47. The van der Waals surface area contributed by atoms with E-state index in [0.29, 0.717) is 22.4 Å². The average molecular weight is 405 g/mol. The number of aryl methyl sites for hydroxylation is 1. The highest BCUT2D eigenvalue weighted by atomic mass is 35.5. The van der Waals surface area contributed by atoms with Crippen LogP contribution in [-0.2, 0) is 11.3 Å². The summed E-state index contributed by atoms with van der Waals surface area (Å²) >= 11 is 7.22. The van der Waals surface area contributed by atoms with Gasteiger partial charge in [0.1, 0.15) is 5.82 Å². The summed E-state index contributed by atoms with van der Waals surface area (Å²) in [6, 6.07) is 11.7. The lowest BCUT2D eigenvalue weighted by molar-refractivity contribution is -0.113. The van der Waals surface area contributed by atoms with E-state index in [1.54, 1.807) is 18.2 Å². The molecule has 0 spiro atoms. The van der Waals surface area contributed by atoms with Crippen molar-refractivity contribution in [3.63, 3.8) is 0 Å². The lowest BCUT2D eigenvalue weighted by Gasteiger charge is -2.09. The van der Waals surface area contributed by atoms with Gasteiger partial charge in [0.05, 0.1) is 5.75 Å². The van der Waals surface area contributed by atoms with Gasteiger partial charge in [0.25, 0.3) is 0 Å². The van der Waals surface area contributed by atoms with Crippen LogP contribution in [0, 0.1) is 12.7 Å². The van der Waals surface area contributed by atoms with Crippen molar-refractivity contribution in [2.75, 3.05) is 11.1 Å². The van der Waals surface area contributed by atoms with Crippen LogP contribution in [0.1, 0.15) is 12.5 Å². The smallest absolute Gasteiger partial charge is 0.234 e. The second-order valence-corrected chi connectivity index (χ2v) is 7.23. The first-order valence-electron chi connectivity index (χ1n) is 8.36. The lowest BCUT2D eigenvalue weighted by atomic mass is 10.2. The zero-order valence-corrected chi connectivity index (χ0v) is 16.4. The van der Waals surface area contributed by atoms with Crippen LogP contribution < -0.4 is 5.32 Å². The standard InChI is InChI=1S/C19H18ClFN4OS/c1-3-25-18(13-5-7-14(20)8-6-13)23-24-19(25)27-11-17(26)22-16-10-15(21)9-4-12(16)2/h4-10H,3,11H2,1-2H3,(H,22,26). The van der Waals surface area contributed by atoms with Crippen LogP contribution >= 0.6 is 23.4 Å². The molecule has 1 N–H and O–H groups in total. The number of rotatable bonds is 6. The van der Waals surface area contributed by atoms with E-state index in [4.69, 9.17) is 11.6 Å². The van der Waals surface area contributed by atoms with Gasteiger partial charge < -0.3 is 9.88 Å². The number of halogens is 2. The number of thioether (sulfide) groups is 1. The monoisotopic (exact) mass is 404 g/mol. The molecule has 0 saturated carbocycles. The molecule has 0 unspecified atom stereocenters. The molecular formula is C19H18ClFN4OS. The Morgan fingerprint density at radius 2 is 1.96 bits per heavy atom. The predicted octanol–water partition coefficient (Wildman–Crippen LogP) is 4.80. The maximum absolute atomic E-state index is 13.3. The Hall–Kier alpha value is -2.38. The minimum absolute atomic E-state index is 0.148. The molecule has 0 saturated heterocycles. The summed E-state index contributed by atoms with van der Waals surface area (Å²) in [5, 5.41) is 12.5. The summed E-state index contributed by atoms with van der Waals surface area (Å²) in [6.45, 7) is 4.47. The number of carbonyl (C=O) groups is 1. The minimum atomic E-state index is -0.387. The lowest BCUT2D eigenvalue weighted by Crippen LogP contribution is -2.15. The summed E-state index contributed by atoms with van der Waals surface area (Å²) in [5.74, 6) is 0.252. The molecule has 27 heavy (non-hydrogen) atoms. The zero-order chi connectivity index (χ0) is 19.4. The third-order valence-corrected chi connectivity index (χ3v) is 5.16. The molecule has 3 rings (SSSR count). The zero-order valence-electron chi connectivity index (χ0n) is 14.9. The summed E-state index contributed by atoms with van der Waals surface area (Å²) < 4.78 is 15.3. The molecule has 0 fully saturated rings. The first kappa shape index (κ1) is 19.4. The Kier molecular flexibility index (Phi) is 6.13. The van der Waals surface area contributed by atoms with E-state index >= 15 is 0 Å². The molecule has 0 atom stereocenters. The van der Waals surface area contributed by atoms with Gasteiger partial charge in [-0.2, -0.15) is 0 Å². The van der Waals surface area contributed by atoms with Gasteiger partial charge in [0.2, 0.25) is 5.91 Å². The Labute approximate surface area is 166 Å². The van der Waals surface area contributed by atoms with Crippen molar-refractivity contribution < 1.29 is 9.18 Å². The van der Waals surface area contributed by atoms with Crippen molar-refractivity contribution >= 4 is 35.0 Å². The third-order valence-electron chi connectivity index (χ3n) is 3.94. The number of aromatic nitrogens is 3. The van der Waals surface area contributed by atoms with E-state index in [9.17, 15) is 9.18 Å². The van der Waals surface area contributed by atoms with Gasteiger partial charge in [0.15, 0.2) is 11.0 Å². The van der Waals surface area contributed by atoms with Crippen LogP contribution in [0.2, 0.25) is 5.02 Å². The molecule has 1 amide bonds. The number of amides is 1. The van der Waals surface area contributed by atoms with Gasteiger partial charge in [0, 0.05) is 22.8 Å². The number of nitrogens with zero attached hydrogens (tertiary/aromatic N) is 3. The van der Waals surface area contributed by atoms with Crippen molar-refractivity contribution in [3.8, 4) is 11.4 Å². The van der Waals surface area contributed by atoms with E-state index in [2.05, 4.69) is 15.5 Å². The van der Waals surface area contributed by atoms with Crippen molar-refractivity contribution in [3.05, 3.63) is 58.9 Å². The first-order chi connectivity index (χ1) is 13.0. The minimum Gasteiger partial charge on any atom is -0.325 e. The van der Waals surface area contributed by atoms with E-state index in [1.807, 2.05) is 30.5 Å². The van der Waals surface area contributed by atoms with Crippen LogP contribution in [-0.4, -0.2) is 26.4 Å². The number of benzene rings is 2. The fourth-order valence-electron chi connectivity index (χ4n) is 2.54. The third kappa shape index (κ3) is 4.67. The predicted molar refractivity (Wildman–Crippen MR) is 107 cm³/mol. The van der Waals surface area contributed by atoms with Gasteiger partial charge in [-0.3, -0.25) is 4.79 Å². The van der Waals surface area contributed by atoms with Crippen molar-refractivity contribution in [1.29, 1.82) is 0 Å². The molecule has 0 radical (unpaired) electrons. The van der Waals surface area contributed by atoms with Gasteiger partial charge in [-0.15, -0.1) is 10.2 Å². The highest BCUT2D eigenvalue weighted by Crippen LogP contribution is 2.25. The van der Waals surface area contributed by atoms with Crippen molar-refractivity contribution in [2.45, 2.75) is 25.5 Å². The summed E-state index contributed by atoms with van der Waals surface area (Å²) in [6.07, 6.45) is 0. The number of carbonyl (C=O) groups excluding carboxylic acids is 1. The van der Waals surface area contributed by atoms with Crippen LogP contribution in [0.5, 0.6) is 0 Å². The summed E-state index contributed by atoms with van der Waals surface area (Å²) in [7, 11) is 0. The molecule has 0 bridgehead atoms. The van der Waals surface area contributed by atoms with E-state index < -0.39 is 0 Å². The average Bonchev–Trinajstić information content (AvgIpc) is 3.06. The fraction of sp³-hybridized carbons (Fsp3) is 0.211. The second-order valence-electron chi connectivity index (χ2n) is 5.85. The highest BCUT2D eigenvalue weighted by Gasteiger charge is 2.15. The number of hydrogen-bond acceptors (Lipinski definition) is 4. The molecule has 3 aromatic rings. The quantitative estimate of drug-likeness (QED) is 0.599. The van der Waals surface area contributed by atoms with Gasteiger partial charge in [-0.25, -0.2) is 4.39 Å². The van der Waals surface area contributed by atoms with Crippen LogP contribution in [0.15, 0.2) is 47.6 Å². The number of anilines is 1. The van der Waals surface area contributed by atoms with E-state index in [0.717, 1.165) is 17.0 Å². The molecule has 8 heteroatoms. The maximum Gasteiger partial charge on any atom is 0.234 e. The van der Waals surface area contributed by atoms with Crippen LogP contribution in [0.25, 0.3) is 11.4 Å². The number of hydrogen-bond donors (Lipinski definition) is 1. The highest BCUT2D eigenvalue weighted by molar-refractivity contribution is 7.99. The first-order valence-corrected chi connectivity index (χ1v) is 9.72. The maximum atomic E-state index is 13.3. The normalized spacial score (nSPS) is 10.8. The molecule has 1 heterocycles. The van der Waals surface area contributed by atoms with Crippen molar-refractivity contribution in [2.24, 2.45) is 0 Å². The molecule has 5 nitrogen and oxygen atoms in total. The Bertz CT molecular complexity index is 959. The van der Waals surface area contributed by atoms with E-state index in [1.165, 1.54) is 23.9 Å². The van der Waals surface area contributed by atoms with Crippen molar-refractivity contribution in [1.82, 2.24) is 14.8 Å². The van der Waals surface area contributed by atoms with Gasteiger partial charge in [-0.1, -0.05) is 29.4 Å². The van der Waals surface area contributed by atoms with Crippen LogP contribution in [0.3, 0.4) is 0 Å². The van der Waals surface area contributed by atoms with Crippen LogP contribution in [0.4, 0.5) is 10.1 Å². The molecule has 1 aromatic heterocycles. The summed E-state index contributed by atoms with van der Waals surface area (Å²) in [5.41, 5.74) is 2.18.